The highest BCUT2D eigenvalue weighted by Gasteiger charge is 2.33. The Kier molecular flexibility index (Phi) is 6.85. The zero-order valence-corrected chi connectivity index (χ0v) is 16.9. The van der Waals surface area contributed by atoms with Crippen LogP contribution in [0.4, 0.5) is 5.69 Å². The highest BCUT2D eigenvalue weighted by Crippen LogP contribution is 2.26. The van der Waals surface area contributed by atoms with E-state index < -0.39 is 16.1 Å². The SMILES string of the molecule is CCC(C(=O)N(C)Cc1ccccc1)N(c1ccc(OC)cc1)S(C)(=O)=O. The van der Waals surface area contributed by atoms with Crippen LogP contribution in [0, 0.1) is 0 Å². The minimum atomic E-state index is -3.66. The Bertz CT molecular complexity index is 851. The molecule has 0 spiro atoms. The van der Waals surface area contributed by atoms with Gasteiger partial charge in [-0.3, -0.25) is 9.10 Å². The van der Waals surface area contributed by atoms with Crippen molar-refractivity contribution in [1.29, 1.82) is 0 Å². The minimum Gasteiger partial charge on any atom is -0.497 e. The van der Waals surface area contributed by atoms with Gasteiger partial charge in [-0.25, -0.2) is 8.42 Å². The largest absolute Gasteiger partial charge is 0.497 e. The Balaban J connectivity index is 2.32. The van der Waals surface area contributed by atoms with E-state index in [0.717, 1.165) is 11.8 Å². The van der Waals surface area contributed by atoms with Crippen LogP contribution in [0.1, 0.15) is 18.9 Å². The Morgan fingerprint density at radius 1 is 1.07 bits per heavy atom. The molecule has 0 aliphatic heterocycles. The van der Waals surface area contributed by atoms with Crippen LogP contribution in [0.3, 0.4) is 0 Å². The van der Waals surface area contributed by atoms with E-state index in [4.69, 9.17) is 4.74 Å². The zero-order chi connectivity index (χ0) is 20.0. The van der Waals surface area contributed by atoms with Crippen molar-refractivity contribution < 1.29 is 17.9 Å². The van der Waals surface area contributed by atoms with Gasteiger partial charge in [0.2, 0.25) is 15.9 Å². The lowest BCUT2D eigenvalue weighted by Gasteiger charge is -2.33. The summed E-state index contributed by atoms with van der Waals surface area (Å²) in [5.74, 6) is 0.371. The molecule has 146 valence electrons. The predicted octanol–water partition coefficient (Wildman–Crippen LogP) is 2.90. The molecule has 1 atom stereocenters. The van der Waals surface area contributed by atoms with Gasteiger partial charge in [0.15, 0.2) is 0 Å². The lowest BCUT2D eigenvalue weighted by molar-refractivity contribution is -0.131. The number of carbonyl (C=O) groups excluding carboxylic acids is 1. The van der Waals surface area contributed by atoms with Crippen molar-refractivity contribution in [2.45, 2.75) is 25.9 Å². The first-order valence-electron chi connectivity index (χ1n) is 8.70. The molecule has 0 aliphatic carbocycles. The van der Waals surface area contributed by atoms with E-state index >= 15 is 0 Å². The third-order valence-corrected chi connectivity index (χ3v) is 5.46. The van der Waals surface area contributed by atoms with Gasteiger partial charge in [0.25, 0.3) is 0 Å². The first-order valence-corrected chi connectivity index (χ1v) is 10.5. The minimum absolute atomic E-state index is 0.248. The van der Waals surface area contributed by atoms with E-state index in [0.29, 0.717) is 24.4 Å². The standard InChI is InChI=1S/C20H26N2O4S/c1-5-19(20(23)21(2)15-16-9-7-6-8-10-16)22(27(4,24)25)17-11-13-18(26-3)14-12-17/h6-14,19H,5,15H2,1-4H3. The fraction of sp³-hybridized carbons (Fsp3) is 0.350. The van der Waals surface area contributed by atoms with E-state index in [1.807, 2.05) is 30.3 Å². The number of ether oxygens (including phenoxy) is 1. The maximum Gasteiger partial charge on any atom is 0.246 e. The fourth-order valence-electron chi connectivity index (χ4n) is 2.96. The smallest absolute Gasteiger partial charge is 0.246 e. The summed E-state index contributed by atoms with van der Waals surface area (Å²) in [7, 11) is -0.426. The quantitative estimate of drug-likeness (QED) is 0.695. The molecule has 1 unspecified atom stereocenters. The molecular weight excluding hydrogens is 364 g/mol. The van der Waals surface area contributed by atoms with E-state index in [9.17, 15) is 13.2 Å². The number of anilines is 1. The zero-order valence-electron chi connectivity index (χ0n) is 16.1. The normalized spacial score (nSPS) is 12.3. The molecule has 0 aromatic heterocycles. The predicted molar refractivity (Wildman–Crippen MR) is 107 cm³/mol. The third-order valence-electron chi connectivity index (χ3n) is 4.28. The maximum atomic E-state index is 13.1. The number of nitrogens with zero attached hydrogens (tertiary/aromatic N) is 2. The molecule has 6 nitrogen and oxygen atoms in total. The fourth-order valence-corrected chi connectivity index (χ4v) is 4.17. The lowest BCUT2D eigenvalue weighted by Crippen LogP contribution is -2.49. The van der Waals surface area contributed by atoms with Gasteiger partial charge in [0.05, 0.1) is 19.1 Å². The van der Waals surface area contributed by atoms with Crippen LogP contribution in [0.15, 0.2) is 54.6 Å². The lowest BCUT2D eigenvalue weighted by atomic mass is 10.1. The molecule has 0 aliphatic rings. The van der Waals surface area contributed by atoms with Gasteiger partial charge in [-0.1, -0.05) is 37.3 Å². The van der Waals surface area contributed by atoms with Crippen LogP contribution in [-0.2, 0) is 21.4 Å². The van der Waals surface area contributed by atoms with Crippen LogP contribution in [-0.4, -0.2) is 45.7 Å². The number of amides is 1. The molecule has 2 aromatic rings. The highest BCUT2D eigenvalue weighted by atomic mass is 32.2. The average molecular weight is 391 g/mol. The van der Waals surface area contributed by atoms with Crippen LogP contribution in [0.5, 0.6) is 5.75 Å². The number of sulfonamides is 1. The monoisotopic (exact) mass is 390 g/mol. The average Bonchev–Trinajstić information content (AvgIpc) is 2.65. The molecular formula is C20H26N2O4S. The van der Waals surface area contributed by atoms with Gasteiger partial charge in [-0.2, -0.15) is 0 Å². The Morgan fingerprint density at radius 3 is 2.15 bits per heavy atom. The van der Waals surface area contributed by atoms with Crippen molar-refractivity contribution in [3.05, 3.63) is 60.2 Å². The molecule has 27 heavy (non-hydrogen) atoms. The molecule has 0 bridgehead atoms. The number of rotatable bonds is 8. The molecule has 2 aromatic carbocycles. The summed E-state index contributed by atoms with van der Waals surface area (Å²) in [6.45, 7) is 2.22. The molecule has 0 heterocycles. The Morgan fingerprint density at radius 2 is 1.67 bits per heavy atom. The molecule has 0 fully saturated rings. The molecule has 0 radical (unpaired) electrons. The Hall–Kier alpha value is -2.54. The summed E-state index contributed by atoms with van der Waals surface area (Å²) < 4.78 is 31.3. The molecule has 7 heteroatoms. The van der Waals surface area contributed by atoms with Crippen LogP contribution < -0.4 is 9.04 Å². The number of likely N-dealkylation sites (N-methyl/N-ethyl adjacent to an activating group) is 1. The van der Waals surface area contributed by atoms with Gasteiger partial charge >= 0.3 is 0 Å². The van der Waals surface area contributed by atoms with E-state index in [1.165, 1.54) is 4.31 Å². The van der Waals surface area contributed by atoms with Crippen molar-refractivity contribution in [3.8, 4) is 5.75 Å². The summed E-state index contributed by atoms with van der Waals surface area (Å²) in [6, 6.07) is 15.4. The summed E-state index contributed by atoms with van der Waals surface area (Å²) >= 11 is 0. The van der Waals surface area contributed by atoms with Gasteiger partial charge in [0, 0.05) is 13.6 Å². The summed E-state index contributed by atoms with van der Waals surface area (Å²) in [4.78, 5) is 14.6. The van der Waals surface area contributed by atoms with Crippen molar-refractivity contribution >= 4 is 21.6 Å². The van der Waals surface area contributed by atoms with Gasteiger partial charge in [0.1, 0.15) is 11.8 Å². The first kappa shape index (κ1) is 20.8. The van der Waals surface area contributed by atoms with Crippen molar-refractivity contribution in [3.63, 3.8) is 0 Å². The van der Waals surface area contributed by atoms with Gasteiger partial charge < -0.3 is 9.64 Å². The number of carbonyl (C=O) groups is 1. The van der Waals surface area contributed by atoms with Crippen LogP contribution in [0.2, 0.25) is 0 Å². The molecule has 2 rings (SSSR count). The molecule has 1 amide bonds. The van der Waals surface area contributed by atoms with E-state index in [-0.39, 0.29) is 5.91 Å². The third kappa shape index (κ3) is 5.23. The summed E-state index contributed by atoms with van der Waals surface area (Å²) in [5.41, 5.74) is 1.42. The topological polar surface area (TPSA) is 66.9 Å². The second kappa shape index (κ2) is 8.90. The molecule has 0 N–H and O–H groups in total. The van der Waals surface area contributed by atoms with Crippen LogP contribution >= 0.6 is 0 Å². The number of hydrogen-bond acceptors (Lipinski definition) is 4. The van der Waals surface area contributed by atoms with Crippen molar-refractivity contribution in [2.75, 3.05) is 24.7 Å². The van der Waals surface area contributed by atoms with E-state index in [1.54, 1.807) is 50.2 Å². The maximum absolute atomic E-state index is 13.1. The van der Waals surface area contributed by atoms with Crippen LogP contribution in [0.25, 0.3) is 0 Å². The summed E-state index contributed by atoms with van der Waals surface area (Å²) in [6.07, 6.45) is 1.47. The Labute approximate surface area is 161 Å². The second-order valence-corrected chi connectivity index (χ2v) is 8.22. The van der Waals surface area contributed by atoms with E-state index in [2.05, 4.69) is 0 Å². The summed E-state index contributed by atoms with van der Waals surface area (Å²) in [5, 5.41) is 0. The molecule has 0 saturated carbocycles. The first-order chi connectivity index (χ1) is 12.8. The van der Waals surface area contributed by atoms with Gasteiger partial charge in [-0.05, 0) is 36.2 Å². The number of benzene rings is 2. The number of methoxy groups -OCH3 is 1. The van der Waals surface area contributed by atoms with Gasteiger partial charge in [-0.15, -0.1) is 0 Å². The van der Waals surface area contributed by atoms with Crippen molar-refractivity contribution in [2.24, 2.45) is 0 Å². The molecule has 0 saturated heterocycles. The second-order valence-electron chi connectivity index (χ2n) is 6.36. The highest BCUT2D eigenvalue weighted by molar-refractivity contribution is 7.92. The number of hydrogen-bond donors (Lipinski definition) is 0. The van der Waals surface area contributed by atoms with Crippen molar-refractivity contribution in [1.82, 2.24) is 4.90 Å².